The van der Waals surface area contributed by atoms with Gasteiger partial charge in [-0.05, 0) is 54.5 Å². The maximum atomic E-state index is 13.0. The highest BCUT2D eigenvalue weighted by molar-refractivity contribution is 5.98. The van der Waals surface area contributed by atoms with Crippen LogP contribution in [-0.2, 0) is 22.5 Å². The van der Waals surface area contributed by atoms with Gasteiger partial charge in [-0.15, -0.1) is 0 Å². The minimum Gasteiger partial charge on any atom is -0.367 e. The van der Waals surface area contributed by atoms with Crippen LogP contribution in [0.3, 0.4) is 0 Å². The second-order valence-electron chi connectivity index (χ2n) is 9.32. The summed E-state index contributed by atoms with van der Waals surface area (Å²) < 4.78 is 5.12. The number of fused-ring (bicyclic) bond motifs is 1. The van der Waals surface area contributed by atoms with Crippen molar-refractivity contribution in [1.82, 2.24) is 10.6 Å². The van der Waals surface area contributed by atoms with Gasteiger partial charge in [0.2, 0.25) is 5.91 Å². The topological polar surface area (TPSA) is 90.9 Å². The summed E-state index contributed by atoms with van der Waals surface area (Å²) in [7, 11) is 0. The SMILES string of the molecule is CC(C)C[C@H](NC(=O)c1ccc2c(c1)CCN2Cc1ccccc1)C(=O)N[C@H]1CCOC1O. The van der Waals surface area contributed by atoms with Gasteiger partial charge in [0.25, 0.3) is 5.91 Å². The van der Waals surface area contributed by atoms with E-state index in [1.165, 1.54) is 5.56 Å². The van der Waals surface area contributed by atoms with Crippen molar-refractivity contribution in [3.8, 4) is 0 Å². The van der Waals surface area contributed by atoms with Crippen LogP contribution in [0.5, 0.6) is 0 Å². The smallest absolute Gasteiger partial charge is 0.251 e. The van der Waals surface area contributed by atoms with Gasteiger partial charge in [0.05, 0.1) is 12.6 Å². The fraction of sp³-hybridized carbons (Fsp3) is 0.462. The third-order valence-corrected chi connectivity index (χ3v) is 6.27. The van der Waals surface area contributed by atoms with E-state index in [0.717, 1.165) is 30.8 Å². The van der Waals surface area contributed by atoms with Crippen LogP contribution in [0, 0.1) is 5.92 Å². The lowest BCUT2D eigenvalue weighted by Crippen LogP contribution is -2.51. The minimum absolute atomic E-state index is 0.220. The van der Waals surface area contributed by atoms with Crippen LogP contribution in [-0.4, -0.2) is 48.4 Å². The molecule has 1 fully saturated rings. The number of carbonyl (C=O) groups excluding carboxylic acids is 2. The molecule has 2 aliphatic heterocycles. The van der Waals surface area contributed by atoms with E-state index in [2.05, 4.69) is 27.7 Å². The van der Waals surface area contributed by atoms with E-state index in [1.54, 1.807) is 0 Å². The Morgan fingerprint density at radius 1 is 1.18 bits per heavy atom. The molecule has 1 unspecified atom stereocenters. The summed E-state index contributed by atoms with van der Waals surface area (Å²) in [6.07, 6.45) is 0.954. The van der Waals surface area contributed by atoms with Crippen molar-refractivity contribution in [1.29, 1.82) is 0 Å². The number of anilines is 1. The molecule has 2 aromatic carbocycles. The molecular formula is C26H33N3O4. The molecule has 0 aromatic heterocycles. The molecule has 0 radical (unpaired) electrons. The number of hydrogen-bond acceptors (Lipinski definition) is 5. The molecule has 2 aromatic rings. The van der Waals surface area contributed by atoms with E-state index >= 15 is 0 Å². The third kappa shape index (κ3) is 5.72. The normalized spacial score (nSPS) is 20.5. The zero-order valence-corrected chi connectivity index (χ0v) is 19.3. The Kier molecular flexibility index (Phi) is 7.30. The first-order chi connectivity index (χ1) is 15.9. The molecule has 2 aliphatic rings. The Morgan fingerprint density at radius 2 is 1.97 bits per heavy atom. The van der Waals surface area contributed by atoms with Crippen LogP contribution in [0.15, 0.2) is 48.5 Å². The quantitative estimate of drug-likeness (QED) is 0.574. The Hall–Kier alpha value is -2.90. The summed E-state index contributed by atoms with van der Waals surface area (Å²) in [5.41, 5.74) is 4.12. The highest BCUT2D eigenvalue weighted by Gasteiger charge is 2.31. The molecule has 0 bridgehead atoms. The van der Waals surface area contributed by atoms with Crippen LogP contribution in [0.1, 0.15) is 48.2 Å². The first kappa shape index (κ1) is 23.3. The molecule has 3 N–H and O–H groups in total. The number of rotatable bonds is 8. The van der Waals surface area contributed by atoms with E-state index in [0.29, 0.717) is 25.0 Å². The van der Waals surface area contributed by atoms with Crippen molar-refractivity contribution in [2.75, 3.05) is 18.1 Å². The fourth-order valence-electron chi connectivity index (χ4n) is 4.53. The van der Waals surface area contributed by atoms with Crippen LogP contribution >= 0.6 is 0 Å². The average molecular weight is 452 g/mol. The largest absolute Gasteiger partial charge is 0.367 e. The van der Waals surface area contributed by atoms with Gasteiger partial charge in [-0.1, -0.05) is 44.2 Å². The minimum atomic E-state index is -1.00. The number of aliphatic hydroxyl groups excluding tert-OH is 1. The van der Waals surface area contributed by atoms with Gasteiger partial charge in [-0.3, -0.25) is 9.59 Å². The lowest BCUT2D eigenvalue weighted by molar-refractivity contribution is -0.127. The summed E-state index contributed by atoms with van der Waals surface area (Å²) in [5.74, 6) is -0.331. The molecule has 33 heavy (non-hydrogen) atoms. The van der Waals surface area contributed by atoms with Crippen molar-refractivity contribution in [3.63, 3.8) is 0 Å². The molecule has 1 saturated heterocycles. The zero-order chi connectivity index (χ0) is 23.4. The van der Waals surface area contributed by atoms with E-state index < -0.39 is 18.4 Å². The summed E-state index contributed by atoms with van der Waals surface area (Å²) in [4.78, 5) is 28.2. The number of benzene rings is 2. The lowest BCUT2D eigenvalue weighted by Gasteiger charge is -2.23. The van der Waals surface area contributed by atoms with E-state index in [9.17, 15) is 14.7 Å². The van der Waals surface area contributed by atoms with Gasteiger partial charge in [-0.2, -0.15) is 0 Å². The summed E-state index contributed by atoms with van der Waals surface area (Å²) in [6, 6.07) is 15.0. The maximum Gasteiger partial charge on any atom is 0.251 e. The predicted molar refractivity (Wildman–Crippen MR) is 127 cm³/mol. The lowest BCUT2D eigenvalue weighted by atomic mass is 10.0. The number of nitrogens with one attached hydrogen (secondary N) is 2. The van der Waals surface area contributed by atoms with Gasteiger partial charge < -0.3 is 25.4 Å². The molecule has 7 nitrogen and oxygen atoms in total. The Balaban J connectivity index is 1.42. The highest BCUT2D eigenvalue weighted by Crippen LogP contribution is 2.30. The molecule has 2 amide bonds. The number of carbonyl (C=O) groups is 2. The Morgan fingerprint density at radius 3 is 2.67 bits per heavy atom. The first-order valence-electron chi connectivity index (χ1n) is 11.7. The van der Waals surface area contributed by atoms with Crippen LogP contribution in [0.25, 0.3) is 0 Å². The maximum absolute atomic E-state index is 13.0. The summed E-state index contributed by atoms with van der Waals surface area (Å²) in [6.45, 7) is 6.18. The molecule has 2 heterocycles. The highest BCUT2D eigenvalue weighted by atomic mass is 16.6. The zero-order valence-electron chi connectivity index (χ0n) is 19.3. The van der Waals surface area contributed by atoms with Crippen LogP contribution in [0.2, 0.25) is 0 Å². The van der Waals surface area contributed by atoms with E-state index in [4.69, 9.17) is 4.74 Å². The molecule has 0 spiro atoms. The fourth-order valence-corrected chi connectivity index (χ4v) is 4.53. The standard InChI is InChI=1S/C26H33N3O4/c1-17(2)14-22(25(31)27-21-11-13-33-26(21)32)28-24(30)20-8-9-23-19(15-20)10-12-29(23)16-18-6-4-3-5-7-18/h3-9,15,17,21-22,26,32H,10-14,16H2,1-2H3,(H,27,31)(H,28,30)/t21-,22-,26?/m0/s1. The van der Waals surface area contributed by atoms with Gasteiger partial charge in [0.15, 0.2) is 6.29 Å². The van der Waals surface area contributed by atoms with Crippen molar-refractivity contribution >= 4 is 17.5 Å². The van der Waals surface area contributed by atoms with E-state index in [-0.39, 0.29) is 17.7 Å². The molecule has 4 rings (SSSR count). The molecule has 176 valence electrons. The molecule has 3 atom stereocenters. The van der Waals surface area contributed by atoms with Gasteiger partial charge >= 0.3 is 0 Å². The molecular weight excluding hydrogens is 418 g/mol. The number of ether oxygens (including phenoxy) is 1. The average Bonchev–Trinajstić information content (AvgIpc) is 3.39. The van der Waals surface area contributed by atoms with Crippen molar-refractivity contribution in [2.45, 2.75) is 58.0 Å². The van der Waals surface area contributed by atoms with Crippen molar-refractivity contribution in [2.24, 2.45) is 5.92 Å². The first-order valence-corrected chi connectivity index (χ1v) is 11.7. The number of amides is 2. The van der Waals surface area contributed by atoms with Crippen molar-refractivity contribution in [3.05, 3.63) is 65.2 Å². The number of hydrogen-bond donors (Lipinski definition) is 3. The predicted octanol–water partition coefficient (Wildman–Crippen LogP) is 2.62. The monoisotopic (exact) mass is 451 g/mol. The van der Waals surface area contributed by atoms with Crippen molar-refractivity contribution < 1.29 is 19.4 Å². The van der Waals surface area contributed by atoms with Crippen LogP contribution < -0.4 is 15.5 Å². The van der Waals surface area contributed by atoms with E-state index in [1.807, 2.05) is 50.2 Å². The van der Waals surface area contributed by atoms with Gasteiger partial charge in [0, 0.05) is 24.3 Å². The Labute approximate surface area is 195 Å². The molecule has 7 heteroatoms. The van der Waals surface area contributed by atoms with Crippen LogP contribution in [0.4, 0.5) is 5.69 Å². The number of aliphatic hydroxyl groups is 1. The second kappa shape index (κ2) is 10.4. The van der Waals surface area contributed by atoms with Gasteiger partial charge in [0.1, 0.15) is 6.04 Å². The summed E-state index contributed by atoms with van der Waals surface area (Å²) in [5, 5.41) is 15.6. The second-order valence-corrected chi connectivity index (χ2v) is 9.32. The third-order valence-electron chi connectivity index (χ3n) is 6.27. The summed E-state index contributed by atoms with van der Waals surface area (Å²) >= 11 is 0. The molecule has 0 aliphatic carbocycles. The molecule has 0 saturated carbocycles. The number of nitrogens with zero attached hydrogens (tertiary/aromatic N) is 1. The Bertz CT molecular complexity index is 979. The van der Waals surface area contributed by atoms with Gasteiger partial charge in [-0.25, -0.2) is 0 Å².